The minimum atomic E-state index is 0.503. The Bertz CT molecular complexity index is 418. The number of hydrogen-bond acceptors (Lipinski definition) is 3. The van der Waals surface area contributed by atoms with Crippen LogP contribution in [0.25, 0.3) is 0 Å². The van der Waals surface area contributed by atoms with Gasteiger partial charge in [0, 0.05) is 31.4 Å². The first-order valence-corrected chi connectivity index (χ1v) is 7.67. The van der Waals surface area contributed by atoms with Gasteiger partial charge < -0.3 is 10.2 Å². The Morgan fingerprint density at radius 2 is 2.21 bits per heavy atom. The van der Waals surface area contributed by atoms with Gasteiger partial charge in [0.1, 0.15) is 5.82 Å². The van der Waals surface area contributed by atoms with Gasteiger partial charge in [-0.3, -0.25) is 0 Å². The van der Waals surface area contributed by atoms with Crippen molar-refractivity contribution < 1.29 is 0 Å². The number of rotatable bonds is 7. The number of aromatic nitrogens is 1. The van der Waals surface area contributed by atoms with Crippen LogP contribution in [0.1, 0.15) is 45.6 Å². The van der Waals surface area contributed by atoms with Crippen molar-refractivity contribution in [3.8, 4) is 0 Å². The third-order valence-electron chi connectivity index (χ3n) is 3.84. The Balaban J connectivity index is 2.12. The second-order valence-electron chi connectivity index (χ2n) is 5.33. The summed E-state index contributed by atoms with van der Waals surface area (Å²) < 4.78 is 0. The molecule has 0 spiro atoms. The van der Waals surface area contributed by atoms with Crippen LogP contribution in [0, 0.1) is 0 Å². The Labute approximate surface area is 121 Å². The van der Waals surface area contributed by atoms with Crippen LogP contribution in [0.3, 0.4) is 0 Å². The maximum Gasteiger partial charge on any atom is 0.129 e. The van der Waals surface area contributed by atoms with E-state index in [0.717, 1.165) is 35.9 Å². The van der Waals surface area contributed by atoms with Crippen molar-refractivity contribution in [2.75, 3.05) is 11.4 Å². The largest absolute Gasteiger partial charge is 0.354 e. The van der Waals surface area contributed by atoms with E-state index in [9.17, 15) is 0 Å². The number of hydrogen-bond donors (Lipinski definition) is 1. The Hall–Kier alpha value is -0.800. The number of nitrogens with zero attached hydrogens (tertiary/aromatic N) is 2. The molecule has 2 rings (SSSR count). The number of anilines is 1. The molecule has 1 aliphatic rings. The van der Waals surface area contributed by atoms with Gasteiger partial charge in [0.15, 0.2) is 0 Å². The Morgan fingerprint density at radius 1 is 1.47 bits per heavy atom. The first kappa shape index (κ1) is 14.6. The molecule has 1 heterocycles. The van der Waals surface area contributed by atoms with E-state index in [1.54, 1.807) is 6.20 Å². The second kappa shape index (κ2) is 6.58. The summed E-state index contributed by atoms with van der Waals surface area (Å²) in [6, 6.07) is 3.33. The molecule has 0 aromatic carbocycles. The quantitative estimate of drug-likeness (QED) is 0.827. The van der Waals surface area contributed by atoms with Gasteiger partial charge in [0.05, 0.1) is 5.02 Å². The second-order valence-corrected chi connectivity index (χ2v) is 5.74. The van der Waals surface area contributed by atoms with E-state index in [4.69, 9.17) is 11.6 Å². The van der Waals surface area contributed by atoms with E-state index in [1.807, 2.05) is 0 Å². The molecule has 0 aliphatic heterocycles. The van der Waals surface area contributed by atoms with Gasteiger partial charge in [-0.05, 0) is 44.7 Å². The van der Waals surface area contributed by atoms with Crippen molar-refractivity contribution in [1.82, 2.24) is 10.3 Å². The van der Waals surface area contributed by atoms with Crippen LogP contribution >= 0.6 is 11.6 Å². The third kappa shape index (κ3) is 3.83. The first-order chi connectivity index (χ1) is 9.15. The van der Waals surface area contributed by atoms with Gasteiger partial charge in [-0.1, -0.05) is 18.5 Å². The lowest BCUT2D eigenvalue weighted by Crippen LogP contribution is -2.33. The highest BCUT2D eigenvalue weighted by Crippen LogP contribution is 2.24. The average molecular weight is 282 g/mol. The molecular weight excluding hydrogens is 258 g/mol. The highest BCUT2D eigenvalue weighted by Gasteiger charge is 2.21. The van der Waals surface area contributed by atoms with Crippen molar-refractivity contribution in [1.29, 1.82) is 0 Å². The van der Waals surface area contributed by atoms with Crippen molar-refractivity contribution in [3.63, 3.8) is 0 Å². The summed E-state index contributed by atoms with van der Waals surface area (Å²) in [5.41, 5.74) is 1.15. The van der Waals surface area contributed by atoms with E-state index in [0.29, 0.717) is 12.1 Å². The fourth-order valence-electron chi connectivity index (χ4n) is 2.22. The standard InChI is InChI=1S/C15H24ClN3/c1-4-11(3)19(5-2)15-8-12(14(16)10-18-15)9-17-13-6-7-13/h8,10-11,13,17H,4-7,9H2,1-3H3. The molecule has 1 fully saturated rings. The molecule has 1 unspecified atom stereocenters. The van der Waals surface area contributed by atoms with E-state index in [2.05, 4.69) is 42.0 Å². The molecule has 1 N–H and O–H groups in total. The fourth-order valence-corrected chi connectivity index (χ4v) is 2.39. The number of nitrogens with one attached hydrogen (secondary N) is 1. The average Bonchev–Trinajstić information content (AvgIpc) is 3.23. The molecule has 1 aliphatic carbocycles. The molecular formula is C15H24ClN3. The van der Waals surface area contributed by atoms with Crippen molar-refractivity contribution in [3.05, 3.63) is 22.8 Å². The number of halogens is 1. The van der Waals surface area contributed by atoms with Gasteiger partial charge in [-0.15, -0.1) is 0 Å². The summed E-state index contributed by atoms with van der Waals surface area (Å²) in [5, 5.41) is 4.27. The molecule has 19 heavy (non-hydrogen) atoms. The predicted molar refractivity (Wildman–Crippen MR) is 81.9 cm³/mol. The minimum absolute atomic E-state index is 0.503. The first-order valence-electron chi connectivity index (χ1n) is 7.30. The SMILES string of the molecule is CCC(C)N(CC)c1cc(CNC2CC2)c(Cl)cn1. The van der Waals surface area contributed by atoms with Crippen LogP contribution in [0.15, 0.2) is 12.3 Å². The zero-order valence-corrected chi connectivity index (χ0v) is 12.9. The van der Waals surface area contributed by atoms with Gasteiger partial charge in [0.2, 0.25) is 0 Å². The highest BCUT2D eigenvalue weighted by molar-refractivity contribution is 6.31. The van der Waals surface area contributed by atoms with Crippen LogP contribution in [0.4, 0.5) is 5.82 Å². The number of pyridine rings is 1. The lowest BCUT2D eigenvalue weighted by Gasteiger charge is -2.28. The lowest BCUT2D eigenvalue weighted by atomic mass is 10.2. The zero-order chi connectivity index (χ0) is 13.8. The summed E-state index contributed by atoms with van der Waals surface area (Å²) in [5.74, 6) is 1.04. The van der Waals surface area contributed by atoms with Crippen molar-refractivity contribution >= 4 is 17.4 Å². The summed E-state index contributed by atoms with van der Waals surface area (Å²) in [6.07, 6.45) is 5.49. The Morgan fingerprint density at radius 3 is 2.79 bits per heavy atom. The summed E-state index contributed by atoms with van der Waals surface area (Å²) >= 11 is 6.24. The van der Waals surface area contributed by atoms with Crippen molar-refractivity contribution in [2.24, 2.45) is 0 Å². The lowest BCUT2D eigenvalue weighted by molar-refractivity contribution is 0.621. The van der Waals surface area contributed by atoms with Crippen LogP contribution in [-0.4, -0.2) is 23.6 Å². The molecule has 1 aromatic rings. The minimum Gasteiger partial charge on any atom is -0.354 e. The molecule has 0 bridgehead atoms. The molecule has 4 heteroatoms. The highest BCUT2D eigenvalue weighted by atomic mass is 35.5. The third-order valence-corrected chi connectivity index (χ3v) is 4.18. The molecule has 0 saturated heterocycles. The van der Waals surface area contributed by atoms with Crippen LogP contribution in [0.2, 0.25) is 5.02 Å². The topological polar surface area (TPSA) is 28.2 Å². The molecule has 1 aromatic heterocycles. The van der Waals surface area contributed by atoms with Gasteiger partial charge in [-0.2, -0.15) is 0 Å². The normalized spacial score (nSPS) is 16.4. The summed E-state index contributed by atoms with van der Waals surface area (Å²) in [6.45, 7) is 8.43. The van der Waals surface area contributed by atoms with E-state index < -0.39 is 0 Å². The van der Waals surface area contributed by atoms with Crippen LogP contribution < -0.4 is 10.2 Å². The summed E-state index contributed by atoms with van der Waals surface area (Å²) in [7, 11) is 0. The molecule has 106 valence electrons. The van der Waals surface area contributed by atoms with E-state index in [-0.39, 0.29) is 0 Å². The van der Waals surface area contributed by atoms with E-state index >= 15 is 0 Å². The maximum atomic E-state index is 6.24. The maximum absolute atomic E-state index is 6.24. The van der Waals surface area contributed by atoms with Crippen LogP contribution in [-0.2, 0) is 6.54 Å². The molecule has 0 amide bonds. The monoisotopic (exact) mass is 281 g/mol. The van der Waals surface area contributed by atoms with Crippen molar-refractivity contribution in [2.45, 2.75) is 58.7 Å². The molecule has 3 nitrogen and oxygen atoms in total. The Kier molecular flexibility index (Phi) is 5.06. The fraction of sp³-hybridized carbons (Fsp3) is 0.667. The smallest absolute Gasteiger partial charge is 0.129 e. The molecule has 1 saturated carbocycles. The van der Waals surface area contributed by atoms with Gasteiger partial charge in [-0.25, -0.2) is 4.98 Å². The summed E-state index contributed by atoms with van der Waals surface area (Å²) in [4.78, 5) is 6.82. The van der Waals surface area contributed by atoms with E-state index in [1.165, 1.54) is 12.8 Å². The van der Waals surface area contributed by atoms with Gasteiger partial charge >= 0.3 is 0 Å². The molecule has 1 atom stereocenters. The zero-order valence-electron chi connectivity index (χ0n) is 12.1. The molecule has 0 radical (unpaired) electrons. The predicted octanol–water partition coefficient (Wildman–Crippen LogP) is 3.61. The van der Waals surface area contributed by atoms with Gasteiger partial charge in [0.25, 0.3) is 0 Å². The van der Waals surface area contributed by atoms with Crippen LogP contribution in [0.5, 0.6) is 0 Å².